The summed E-state index contributed by atoms with van der Waals surface area (Å²) < 4.78 is 25.9. The van der Waals surface area contributed by atoms with Crippen molar-refractivity contribution in [1.29, 1.82) is 0 Å². The van der Waals surface area contributed by atoms with Gasteiger partial charge in [-0.3, -0.25) is 4.72 Å². The number of sulfonamides is 1. The molecular weight excluding hydrogens is 234 g/mol. The van der Waals surface area contributed by atoms with Gasteiger partial charge in [0.05, 0.1) is 5.75 Å². The highest BCUT2D eigenvalue weighted by Crippen LogP contribution is 2.13. The SMILES string of the molecule is CCCCS(=O)(=O)Nc1ccc(CCC)cc1. The molecule has 1 aromatic carbocycles. The topological polar surface area (TPSA) is 46.2 Å². The maximum Gasteiger partial charge on any atom is 0.232 e. The van der Waals surface area contributed by atoms with Gasteiger partial charge in [-0.15, -0.1) is 0 Å². The van der Waals surface area contributed by atoms with Gasteiger partial charge in [0.25, 0.3) is 0 Å². The third kappa shape index (κ3) is 5.22. The third-order valence-corrected chi connectivity index (χ3v) is 3.91. The lowest BCUT2D eigenvalue weighted by atomic mass is 10.1. The largest absolute Gasteiger partial charge is 0.284 e. The van der Waals surface area contributed by atoms with Crippen LogP contribution in [0.5, 0.6) is 0 Å². The van der Waals surface area contributed by atoms with Gasteiger partial charge < -0.3 is 0 Å². The standard InChI is InChI=1S/C13H21NO2S/c1-3-5-11-17(15,16)14-13-9-7-12(6-4-2)8-10-13/h7-10,14H,3-6,11H2,1-2H3. The lowest BCUT2D eigenvalue weighted by Gasteiger charge is -2.08. The Labute approximate surface area is 104 Å². The van der Waals surface area contributed by atoms with Crippen molar-refractivity contribution < 1.29 is 8.42 Å². The van der Waals surface area contributed by atoms with Gasteiger partial charge in [0, 0.05) is 5.69 Å². The average Bonchev–Trinajstić information content (AvgIpc) is 2.29. The second kappa shape index (κ2) is 6.64. The summed E-state index contributed by atoms with van der Waals surface area (Å²) in [5.41, 5.74) is 1.89. The minimum Gasteiger partial charge on any atom is -0.284 e. The fourth-order valence-corrected chi connectivity index (χ4v) is 2.86. The summed E-state index contributed by atoms with van der Waals surface area (Å²) in [6.45, 7) is 4.11. The van der Waals surface area contributed by atoms with E-state index in [-0.39, 0.29) is 5.75 Å². The summed E-state index contributed by atoms with van der Waals surface area (Å²) in [4.78, 5) is 0. The van der Waals surface area contributed by atoms with Crippen LogP contribution in [0.2, 0.25) is 0 Å². The Morgan fingerprint density at radius 3 is 2.24 bits per heavy atom. The molecule has 0 atom stereocenters. The summed E-state index contributed by atoms with van der Waals surface area (Å²) in [5, 5.41) is 0. The van der Waals surface area contributed by atoms with Gasteiger partial charge in [0.15, 0.2) is 0 Å². The summed E-state index contributed by atoms with van der Waals surface area (Å²) >= 11 is 0. The van der Waals surface area contributed by atoms with Crippen LogP contribution < -0.4 is 4.72 Å². The number of aryl methyl sites for hydroxylation is 1. The fraction of sp³-hybridized carbons (Fsp3) is 0.538. The van der Waals surface area contributed by atoms with Crippen molar-refractivity contribution in [3.63, 3.8) is 0 Å². The molecule has 1 N–H and O–H groups in total. The molecule has 4 heteroatoms. The first-order valence-corrected chi connectivity index (χ1v) is 7.82. The van der Waals surface area contributed by atoms with Gasteiger partial charge in [-0.1, -0.05) is 38.8 Å². The monoisotopic (exact) mass is 255 g/mol. The first-order valence-electron chi connectivity index (χ1n) is 6.17. The van der Waals surface area contributed by atoms with Crippen LogP contribution in [0.3, 0.4) is 0 Å². The Morgan fingerprint density at radius 2 is 1.71 bits per heavy atom. The average molecular weight is 255 g/mol. The molecule has 0 heterocycles. The van der Waals surface area contributed by atoms with Crippen LogP contribution in [-0.4, -0.2) is 14.2 Å². The van der Waals surface area contributed by atoms with Crippen molar-refractivity contribution in [2.75, 3.05) is 10.5 Å². The van der Waals surface area contributed by atoms with Crippen LogP contribution >= 0.6 is 0 Å². The van der Waals surface area contributed by atoms with Gasteiger partial charge in [-0.25, -0.2) is 8.42 Å². The number of benzene rings is 1. The van der Waals surface area contributed by atoms with Gasteiger partial charge in [0.2, 0.25) is 10.0 Å². The Balaban J connectivity index is 2.62. The molecule has 0 saturated carbocycles. The Hall–Kier alpha value is -1.03. The molecule has 17 heavy (non-hydrogen) atoms. The first kappa shape index (κ1) is 14.0. The summed E-state index contributed by atoms with van der Waals surface area (Å²) in [5.74, 6) is 0.195. The zero-order chi connectivity index (χ0) is 12.7. The van der Waals surface area contributed by atoms with Crippen molar-refractivity contribution in [2.45, 2.75) is 39.5 Å². The predicted molar refractivity (Wildman–Crippen MR) is 72.8 cm³/mol. The second-order valence-corrected chi connectivity index (χ2v) is 6.06. The Kier molecular flexibility index (Phi) is 5.48. The summed E-state index contributed by atoms with van der Waals surface area (Å²) in [6.07, 6.45) is 3.71. The number of anilines is 1. The molecule has 3 nitrogen and oxygen atoms in total. The van der Waals surface area contributed by atoms with Crippen LogP contribution in [0.1, 0.15) is 38.7 Å². The van der Waals surface area contributed by atoms with E-state index in [4.69, 9.17) is 0 Å². The number of nitrogens with one attached hydrogen (secondary N) is 1. The zero-order valence-electron chi connectivity index (χ0n) is 10.6. The van der Waals surface area contributed by atoms with E-state index in [0.717, 1.165) is 19.3 Å². The summed E-state index contributed by atoms with van der Waals surface area (Å²) in [6, 6.07) is 7.60. The van der Waals surface area contributed by atoms with Crippen molar-refractivity contribution in [3.05, 3.63) is 29.8 Å². The predicted octanol–water partition coefficient (Wildman–Crippen LogP) is 3.18. The van der Waals surface area contributed by atoms with Crippen molar-refractivity contribution in [2.24, 2.45) is 0 Å². The van der Waals surface area contributed by atoms with Gasteiger partial charge in [0.1, 0.15) is 0 Å². The molecule has 0 aliphatic carbocycles. The maximum atomic E-state index is 11.7. The van der Waals surface area contributed by atoms with E-state index >= 15 is 0 Å². The fourth-order valence-electron chi connectivity index (χ4n) is 1.59. The highest BCUT2D eigenvalue weighted by molar-refractivity contribution is 7.92. The van der Waals surface area contributed by atoms with Crippen LogP contribution in [-0.2, 0) is 16.4 Å². The van der Waals surface area contributed by atoms with E-state index in [1.54, 1.807) is 0 Å². The number of hydrogen-bond acceptors (Lipinski definition) is 2. The number of rotatable bonds is 7. The van der Waals surface area contributed by atoms with E-state index in [9.17, 15) is 8.42 Å². The van der Waals surface area contributed by atoms with E-state index < -0.39 is 10.0 Å². The van der Waals surface area contributed by atoms with Crippen molar-refractivity contribution in [1.82, 2.24) is 0 Å². The molecule has 0 saturated heterocycles. The van der Waals surface area contributed by atoms with Crippen LogP contribution in [0.15, 0.2) is 24.3 Å². The molecule has 0 unspecified atom stereocenters. The smallest absolute Gasteiger partial charge is 0.232 e. The van der Waals surface area contributed by atoms with E-state index in [1.165, 1.54) is 5.56 Å². The molecule has 0 spiro atoms. The van der Waals surface area contributed by atoms with E-state index in [2.05, 4.69) is 11.6 Å². The molecule has 0 aliphatic heterocycles. The number of unbranched alkanes of at least 4 members (excludes halogenated alkanes) is 1. The third-order valence-electron chi connectivity index (χ3n) is 2.53. The molecule has 1 aromatic rings. The minimum absolute atomic E-state index is 0.195. The lowest BCUT2D eigenvalue weighted by molar-refractivity contribution is 0.598. The van der Waals surface area contributed by atoms with Crippen LogP contribution in [0.4, 0.5) is 5.69 Å². The molecule has 1 rings (SSSR count). The Morgan fingerprint density at radius 1 is 1.06 bits per heavy atom. The highest BCUT2D eigenvalue weighted by Gasteiger charge is 2.08. The molecule has 0 bridgehead atoms. The molecule has 0 fully saturated rings. The first-order chi connectivity index (χ1) is 8.07. The normalized spacial score (nSPS) is 11.4. The zero-order valence-corrected chi connectivity index (χ0v) is 11.4. The molecule has 96 valence electrons. The molecule has 0 aromatic heterocycles. The van der Waals surface area contributed by atoms with Gasteiger partial charge in [-0.2, -0.15) is 0 Å². The maximum absolute atomic E-state index is 11.7. The van der Waals surface area contributed by atoms with Gasteiger partial charge >= 0.3 is 0 Å². The second-order valence-electron chi connectivity index (χ2n) is 4.22. The molecule has 0 radical (unpaired) electrons. The molecule has 0 amide bonds. The lowest BCUT2D eigenvalue weighted by Crippen LogP contribution is -2.16. The Bertz CT molecular complexity index is 423. The van der Waals surface area contributed by atoms with Crippen molar-refractivity contribution >= 4 is 15.7 Å². The van der Waals surface area contributed by atoms with Crippen LogP contribution in [0, 0.1) is 0 Å². The molecular formula is C13H21NO2S. The van der Waals surface area contributed by atoms with Gasteiger partial charge in [-0.05, 0) is 30.5 Å². The molecule has 0 aliphatic rings. The van der Waals surface area contributed by atoms with Crippen molar-refractivity contribution in [3.8, 4) is 0 Å². The van der Waals surface area contributed by atoms with E-state index in [1.807, 2.05) is 31.2 Å². The number of hydrogen-bond donors (Lipinski definition) is 1. The quantitative estimate of drug-likeness (QED) is 0.813. The van der Waals surface area contributed by atoms with E-state index in [0.29, 0.717) is 12.1 Å². The highest BCUT2D eigenvalue weighted by atomic mass is 32.2. The summed E-state index contributed by atoms with van der Waals surface area (Å²) in [7, 11) is -3.17. The minimum atomic E-state index is -3.17. The van der Waals surface area contributed by atoms with Crippen LogP contribution in [0.25, 0.3) is 0 Å².